The molecule has 1 saturated heterocycles. The highest BCUT2D eigenvalue weighted by molar-refractivity contribution is 5.24. The lowest BCUT2D eigenvalue weighted by Crippen LogP contribution is -2.46. The summed E-state index contributed by atoms with van der Waals surface area (Å²) < 4.78 is 0. The molecule has 0 bridgehead atoms. The number of aliphatic hydroxyl groups excluding tert-OH is 1. The van der Waals surface area contributed by atoms with Gasteiger partial charge < -0.3 is 5.11 Å². The van der Waals surface area contributed by atoms with Gasteiger partial charge in [0.1, 0.15) is 0 Å². The van der Waals surface area contributed by atoms with Crippen LogP contribution in [-0.4, -0.2) is 29.1 Å². The van der Waals surface area contributed by atoms with Crippen molar-refractivity contribution in [3.63, 3.8) is 0 Å². The molecule has 1 fully saturated rings. The fourth-order valence-corrected chi connectivity index (χ4v) is 3.06. The van der Waals surface area contributed by atoms with Gasteiger partial charge >= 0.3 is 0 Å². The lowest BCUT2D eigenvalue weighted by Gasteiger charge is -2.42. The first kappa shape index (κ1) is 14.5. The zero-order chi connectivity index (χ0) is 14.0. The molecule has 106 valence electrons. The zero-order valence-electron chi connectivity index (χ0n) is 12.7. The third-order valence-electron chi connectivity index (χ3n) is 4.38. The highest BCUT2D eigenvalue weighted by Crippen LogP contribution is 2.32. The second-order valence-corrected chi connectivity index (χ2v) is 6.83. The van der Waals surface area contributed by atoms with Crippen LogP contribution in [0.15, 0.2) is 24.3 Å². The molecular formula is C17H27NO. The quantitative estimate of drug-likeness (QED) is 0.899. The van der Waals surface area contributed by atoms with E-state index in [0.717, 1.165) is 18.7 Å². The summed E-state index contributed by atoms with van der Waals surface area (Å²) in [6.07, 6.45) is 2.13. The van der Waals surface area contributed by atoms with E-state index in [4.69, 9.17) is 0 Å². The zero-order valence-corrected chi connectivity index (χ0v) is 12.7. The largest absolute Gasteiger partial charge is 0.387 e. The summed E-state index contributed by atoms with van der Waals surface area (Å²) in [4.78, 5) is 2.44. The van der Waals surface area contributed by atoms with Gasteiger partial charge in [0, 0.05) is 12.6 Å². The fraction of sp³-hybridized carbons (Fsp3) is 0.647. The van der Waals surface area contributed by atoms with Gasteiger partial charge in [0.2, 0.25) is 0 Å². The maximum Gasteiger partial charge on any atom is 0.0942 e. The molecule has 2 rings (SSSR count). The van der Waals surface area contributed by atoms with Gasteiger partial charge in [-0.25, -0.2) is 0 Å². The molecule has 1 aliphatic rings. The predicted molar refractivity (Wildman–Crippen MR) is 80.2 cm³/mol. The van der Waals surface area contributed by atoms with Gasteiger partial charge in [-0.15, -0.1) is 0 Å². The summed E-state index contributed by atoms with van der Waals surface area (Å²) in [5.41, 5.74) is 2.64. The van der Waals surface area contributed by atoms with Crippen molar-refractivity contribution in [1.29, 1.82) is 0 Å². The molecule has 2 nitrogen and oxygen atoms in total. The number of piperidine rings is 1. The van der Waals surface area contributed by atoms with Crippen LogP contribution < -0.4 is 0 Å². The number of aliphatic hydroxyl groups is 1. The summed E-state index contributed by atoms with van der Waals surface area (Å²) in [6, 6.07) is 8.43. The average Bonchev–Trinajstić information content (AvgIpc) is 2.37. The van der Waals surface area contributed by atoms with Crippen molar-refractivity contribution in [1.82, 2.24) is 4.90 Å². The number of aryl methyl sites for hydroxylation is 1. The minimum atomic E-state index is -0.394. The van der Waals surface area contributed by atoms with Gasteiger partial charge in [0.15, 0.2) is 0 Å². The van der Waals surface area contributed by atoms with Crippen molar-refractivity contribution in [2.75, 3.05) is 13.1 Å². The maximum absolute atomic E-state index is 10.6. The van der Waals surface area contributed by atoms with Crippen LogP contribution in [0, 0.1) is 12.3 Å². The van der Waals surface area contributed by atoms with Crippen LogP contribution in [0.4, 0.5) is 0 Å². The molecule has 0 amide bonds. The van der Waals surface area contributed by atoms with E-state index in [1.807, 2.05) is 12.1 Å². The predicted octanol–water partition coefficient (Wildman–Crippen LogP) is 3.54. The van der Waals surface area contributed by atoms with E-state index in [9.17, 15) is 5.11 Å². The van der Waals surface area contributed by atoms with E-state index >= 15 is 0 Å². The first-order valence-electron chi connectivity index (χ1n) is 7.38. The molecule has 1 heterocycles. The van der Waals surface area contributed by atoms with Crippen LogP contribution in [-0.2, 0) is 0 Å². The summed E-state index contributed by atoms with van der Waals surface area (Å²) in [6.45, 7) is 11.1. The van der Waals surface area contributed by atoms with Crippen LogP contribution in [0.3, 0.4) is 0 Å². The lowest BCUT2D eigenvalue weighted by molar-refractivity contribution is 0.0135. The number of benzene rings is 1. The van der Waals surface area contributed by atoms with Crippen LogP contribution in [0.1, 0.15) is 50.8 Å². The van der Waals surface area contributed by atoms with E-state index in [1.165, 1.54) is 18.4 Å². The number of likely N-dealkylation sites (tertiary alicyclic amines) is 1. The Morgan fingerprint density at radius 3 is 2.42 bits per heavy atom. The van der Waals surface area contributed by atoms with Crippen LogP contribution in [0.5, 0.6) is 0 Å². The Kier molecular flexibility index (Phi) is 4.32. The van der Waals surface area contributed by atoms with Crippen LogP contribution >= 0.6 is 0 Å². The van der Waals surface area contributed by atoms with Crippen molar-refractivity contribution in [3.05, 3.63) is 35.4 Å². The third-order valence-corrected chi connectivity index (χ3v) is 4.38. The van der Waals surface area contributed by atoms with E-state index in [0.29, 0.717) is 5.41 Å². The Morgan fingerprint density at radius 1 is 1.21 bits per heavy atom. The van der Waals surface area contributed by atoms with Gasteiger partial charge in [0.05, 0.1) is 6.10 Å². The average molecular weight is 261 g/mol. The van der Waals surface area contributed by atoms with Crippen molar-refractivity contribution >= 4 is 0 Å². The Morgan fingerprint density at radius 2 is 1.84 bits per heavy atom. The summed E-state index contributed by atoms with van der Waals surface area (Å²) in [5, 5.41) is 10.6. The second-order valence-electron chi connectivity index (χ2n) is 6.83. The number of hydrogen-bond donors (Lipinski definition) is 1. The number of rotatable bonds is 3. The van der Waals surface area contributed by atoms with Gasteiger partial charge in [0.25, 0.3) is 0 Å². The minimum absolute atomic E-state index is 0.183. The highest BCUT2D eigenvalue weighted by atomic mass is 16.3. The van der Waals surface area contributed by atoms with E-state index < -0.39 is 6.10 Å². The van der Waals surface area contributed by atoms with Crippen molar-refractivity contribution in [2.45, 2.75) is 52.7 Å². The molecule has 1 aromatic rings. The van der Waals surface area contributed by atoms with Crippen LogP contribution in [0.25, 0.3) is 0 Å². The Bertz CT molecular complexity index is 410. The maximum atomic E-state index is 10.6. The van der Waals surface area contributed by atoms with Gasteiger partial charge in [-0.1, -0.05) is 43.7 Å². The lowest BCUT2D eigenvalue weighted by atomic mass is 9.83. The van der Waals surface area contributed by atoms with Crippen molar-refractivity contribution in [2.24, 2.45) is 5.41 Å². The Labute approximate surface area is 117 Å². The molecule has 0 aromatic heterocycles. The molecule has 0 aliphatic carbocycles. The highest BCUT2D eigenvalue weighted by Gasteiger charge is 2.31. The smallest absolute Gasteiger partial charge is 0.0942 e. The first-order valence-corrected chi connectivity index (χ1v) is 7.38. The summed E-state index contributed by atoms with van der Waals surface area (Å²) in [7, 11) is 0. The fourth-order valence-electron chi connectivity index (χ4n) is 3.06. The SMILES string of the molecule is Cc1ccc(C(O)C(C)N2CCCC(C)(C)C2)cc1. The second kappa shape index (κ2) is 5.64. The molecule has 19 heavy (non-hydrogen) atoms. The van der Waals surface area contributed by atoms with Crippen molar-refractivity contribution in [3.8, 4) is 0 Å². The van der Waals surface area contributed by atoms with Gasteiger partial charge in [-0.3, -0.25) is 4.90 Å². The van der Waals surface area contributed by atoms with Gasteiger partial charge in [-0.05, 0) is 44.2 Å². The molecule has 2 atom stereocenters. The Balaban J connectivity index is 2.06. The standard InChI is InChI=1S/C17H27NO/c1-13-6-8-15(9-7-13)16(19)14(2)18-11-5-10-17(3,4)12-18/h6-9,14,16,19H,5,10-12H2,1-4H3. The van der Waals surface area contributed by atoms with E-state index in [-0.39, 0.29) is 6.04 Å². The Hall–Kier alpha value is -0.860. The molecule has 0 saturated carbocycles. The molecule has 1 aliphatic heterocycles. The molecule has 1 N–H and O–H groups in total. The summed E-state index contributed by atoms with van der Waals surface area (Å²) >= 11 is 0. The minimum Gasteiger partial charge on any atom is -0.387 e. The van der Waals surface area contributed by atoms with E-state index in [2.05, 4.69) is 44.7 Å². The van der Waals surface area contributed by atoms with Crippen LogP contribution in [0.2, 0.25) is 0 Å². The normalized spacial score (nSPS) is 23.0. The molecule has 2 unspecified atom stereocenters. The molecule has 1 aromatic carbocycles. The number of nitrogens with zero attached hydrogens (tertiary/aromatic N) is 1. The molecule has 0 radical (unpaired) electrons. The first-order chi connectivity index (χ1) is 8.89. The number of hydrogen-bond acceptors (Lipinski definition) is 2. The molecular weight excluding hydrogens is 234 g/mol. The summed E-state index contributed by atoms with van der Waals surface area (Å²) in [5.74, 6) is 0. The monoisotopic (exact) mass is 261 g/mol. The van der Waals surface area contributed by atoms with Crippen molar-refractivity contribution < 1.29 is 5.11 Å². The molecule has 2 heteroatoms. The van der Waals surface area contributed by atoms with E-state index in [1.54, 1.807) is 0 Å². The molecule has 0 spiro atoms. The third kappa shape index (κ3) is 3.58. The topological polar surface area (TPSA) is 23.5 Å². The van der Waals surface area contributed by atoms with Gasteiger partial charge in [-0.2, -0.15) is 0 Å².